The van der Waals surface area contributed by atoms with E-state index in [9.17, 15) is 9.90 Å². The van der Waals surface area contributed by atoms with Crippen LogP contribution in [0.25, 0.3) is 0 Å². The van der Waals surface area contributed by atoms with E-state index in [0.29, 0.717) is 12.1 Å². The van der Waals surface area contributed by atoms with Crippen molar-refractivity contribution in [3.63, 3.8) is 0 Å². The van der Waals surface area contributed by atoms with E-state index in [-0.39, 0.29) is 17.5 Å². The minimum atomic E-state index is -0.742. The zero-order chi connectivity index (χ0) is 17.0. The number of hydrogen-bond donors (Lipinski definition) is 1. The number of alkyl halides is 1. The van der Waals surface area contributed by atoms with Gasteiger partial charge >= 0.3 is 5.97 Å². The minimum absolute atomic E-state index is 0.00308. The number of ether oxygens (including phenoxy) is 1. The summed E-state index contributed by atoms with van der Waals surface area (Å²) in [4.78, 5) is 14.1. The van der Waals surface area contributed by atoms with E-state index in [1.54, 1.807) is 11.0 Å². The molecule has 0 bridgehead atoms. The fourth-order valence-corrected chi connectivity index (χ4v) is 3.40. The molecule has 1 saturated heterocycles. The van der Waals surface area contributed by atoms with Gasteiger partial charge in [-0.3, -0.25) is 0 Å². The number of benzene rings is 1. The molecule has 1 aliphatic heterocycles. The fraction of sp³-hybridized carbons (Fsp3) is 0.389. The molecule has 2 unspecified atom stereocenters. The smallest absolute Gasteiger partial charge is 0.354 e. The van der Waals surface area contributed by atoms with E-state index < -0.39 is 12.2 Å². The van der Waals surface area contributed by atoms with Crippen molar-refractivity contribution in [2.75, 3.05) is 0 Å². The summed E-state index contributed by atoms with van der Waals surface area (Å²) in [5.74, 6) is -0.415. The molecule has 0 radical (unpaired) electrons. The van der Waals surface area contributed by atoms with Crippen LogP contribution in [0.3, 0.4) is 0 Å². The second-order valence-electron chi connectivity index (χ2n) is 5.77. The number of hydrogen-bond acceptors (Lipinski definition) is 4. The zero-order valence-electron chi connectivity index (χ0n) is 13.4. The van der Waals surface area contributed by atoms with Crippen molar-refractivity contribution in [3.8, 4) is 0 Å². The molecule has 2 rings (SSSR count). The highest BCUT2D eigenvalue weighted by Crippen LogP contribution is 2.38. The van der Waals surface area contributed by atoms with Gasteiger partial charge in [0.1, 0.15) is 18.5 Å². The Balaban J connectivity index is 2.11. The van der Waals surface area contributed by atoms with Crippen LogP contribution in [0.2, 0.25) is 0 Å². The number of allylic oxidation sites excluding steroid dienone is 1. The van der Waals surface area contributed by atoms with Gasteiger partial charge in [0.05, 0.1) is 10.9 Å². The van der Waals surface area contributed by atoms with Gasteiger partial charge < -0.3 is 14.7 Å². The molecule has 1 aliphatic rings. The first-order valence-electron chi connectivity index (χ1n) is 7.57. The topological polar surface area (TPSA) is 49.8 Å². The van der Waals surface area contributed by atoms with Crippen molar-refractivity contribution in [2.45, 2.75) is 44.0 Å². The van der Waals surface area contributed by atoms with Gasteiger partial charge in [0.25, 0.3) is 0 Å². The molecule has 3 atom stereocenters. The van der Waals surface area contributed by atoms with Crippen LogP contribution in [-0.4, -0.2) is 33.1 Å². The second kappa shape index (κ2) is 7.79. The Morgan fingerprint density at radius 2 is 2.04 bits per heavy atom. The van der Waals surface area contributed by atoms with E-state index in [4.69, 9.17) is 4.74 Å². The first kappa shape index (κ1) is 17.8. The number of carbonyl (C=O) groups is 1. The van der Waals surface area contributed by atoms with Crippen molar-refractivity contribution in [3.05, 3.63) is 59.8 Å². The Bertz CT molecular complexity index is 596. The Labute approximate surface area is 145 Å². The first-order chi connectivity index (χ1) is 11.0. The number of aliphatic hydroxyl groups excluding tert-OH is 1. The molecule has 1 fully saturated rings. The summed E-state index contributed by atoms with van der Waals surface area (Å²) in [7, 11) is 0. The number of likely N-dealkylation sites (tertiary alicyclic amines) is 1. The maximum atomic E-state index is 12.5. The van der Waals surface area contributed by atoms with E-state index in [2.05, 4.69) is 22.5 Å². The molecule has 0 aromatic heterocycles. The summed E-state index contributed by atoms with van der Waals surface area (Å²) in [6, 6.07) is 9.53. The van der Waals surface area contributed by atoms with E-state index in [1.807, 2.05) is 44.2 Å². The highest BCUT2D eigenvalue weighted by atomic mass is 79.9. The molecule has 23 heavy (non-hydrogen) atoms. The maximum absolute atomic E-state index is 12.5. The molecule has 0 aliphatic carbocycles. The molecular weight excluding hydrogens is 358 g/mol. The van der Waals surface area contributed by atoms with E-state index >= 15 is 0 Å². The predicted molar refractivity (Wildman–Crippen MR) is 93.8 cm³/mol. The summed E-state index contributed by atoms with van der Waals surface area (Å²) < 4.78 is 5.43. The van der Waals surface area contributed by atoms with E-state index in [1.165, 1.54) is 0 Å². The lowest BCUT2D eigenvalue weighted by molar-refractivity contribution is -0.150. The normalized spacial score (nSPS) is 23.0. The predicted octanol–water partition coefficient (Wildman–Crippen LogP) is 3.37. The Kier molecular flexibility index (Phi) is 6.02. The second-order valence-corrected chi connectivity index (χ2v) is 6.82. The van der Waals surface area contributed by atoms with Crippen LogP contribution in [0.4, 0.5) is 0 Å². The van der Waals surface area contributed by atoms with Crippen LogP contribution in [-0.2, 0) is 16.1 Å². The fourth-order valence-electron chi connectivity index (χ4n) is 2.67. The van der Waals surface area contributed by atoms with Gasteiger partial charge in [-0.2, -0.15) is 0 Å². The molecule has 0 spiro atoms. The summed E-state index contributed by atoms with van der Waals surface area (Å²) in [6.45, 7) is 7.64. The number of esters is 1. The third kappa shape index (κ3) is 3.85. The third-order valence-electron chi connectivity index (χ3n) is 3.84. The zero-order valence-corrected chi connectivity index (χ0v) is 15.0. The summed E-state index contributed by atoms with van der Waals surface area (Å²) in [5, 5.41) is 10.2. The average molecular weight is 380 g/mol. The van der Waals surface area contributed by atoms with Gasteiger partial charge in [-0.25, -0.2) is 4.79 Å². The lowest BCUT2D eigenvalue weighted by Gasteiger charge is -2.51. The Morgan fingerprint density at radius 1 is 1.39 bits per heavy atom. The Morgan fingerprint density at radius 3 is 2.61 bits per heavy atom. The molecular formula is C18H22BrNO3. The van der Waals surface area contributed by atoms with Gasteiger partial charge in [0.2, 0.25) is 0 Å². The summed E-state index contributed by atoms with van der Waals surface area (Å²) >= 11 is 3.46. The summed E-state index contributed by atoms with van der Waals surface area (Å²) in [5.41, 5.74) is 2.17. The van der Waals surface area contributed by atoms with Crippen LogP contribution in [0, 0.1) is 0 Å². The maximum Gasteiger partial charge on any atom is 0.354 e. The Hall–Kier alpha value is -1.59. The van der Waals surface area contributed by atoms with Gasteiger partial charge in [-0.15, -0.1) is 6.58 Å². The number of halogens is 1. The first-order valence-corrected chi connectivity index (χ1v) is 8.48. The summed E-state index contributed by atoms with van der Waals surface area (Å²) in [6.07, 6.45) is 1.72. The SMILES string of the molecule is C=CC[C@H]1C(Br)C(O)N1C(C(=O)OCc1ccccc1)=C(C)C. The molecule has 1 N–H and O–H groups in total. The van der Waals surface area contributed by atoms with Crippen molar-refractivity contribution in [2.24, 2.45) is 0 Å². The lowest BCUT2D eigenvalue weighted by atomic mass is 9.95. The van der Waals surface area contributed by atoms with Crippen molar-refractivity contribution < 1.29 is 14.6 Å². The molecule has 1 aromatic carbocycles. The lowest BCUT2D eigenvalue weighted by Crippen LogP contribution is -2.65. The largest absolute Gasteiger partial charge is 0.456 e. The molecule has 4 nitrogen and oxygen atoms in total. The number of aliphatic hydroxyl groups is 1. The van der Waals surface area contributed by atoms with Gasteiger partial charge in [-0.1, -0.05) is 52.3 Å². The van der Waals surface area contributed by atoms with Crippen molar-refractivity contribution in [1.82, 2.24) is 4.90 Å². The number of rotatable bonds is 6. The van der Waals surface area contributed by atoms with Crippen LogP contribution in [0.1, 0.15) is 25.8 Å². The molecule has 1 aromatic rings. The minimum Gasteiger partial charge on any atom is -0.456 e. The molecule has 1 heterocycles. The monoisotopic (exact) mass is 379 g/mol. The average Bonchev–Trinajstić information content (AvgIpc) is 2.56. The standard InChI is InChI=1S/C18H22BrNO3/c1-4-8-14-15(19)17(21)20(14)16(12(2)3)18(22)23-11-13-9-6-5-7-10-13/h4-7,9-10,14-15,17,21H,1,8,11H2,2-3H3/t14-,15?,17?/m0/s1. The van der Waals surface area contributed by atoms with Crippen molar-refractivity contribution in [1.29, 1.82) is 0 Å². The van der Waals surface area contributed by atoms with Gasteiger partial charge in [0, 0.05) is 0 Å². The van der Waals surface area contributed by atoms with Crippen LogP contribution < -0.4 is 0 Å². The highest BCUT2D eigenvalue weighted by molar-refractivity contribution is 9.09. The van der Waals surface area contributed by atoms with Crippen LogP contribution >= 0.6 is 15.9 Å². The van der Waals surface area contributed by atoms with Crippen LogP contribution in [0.5, 0.6) is 0 Å². The quantitative estimate of drug-likeness (QED) is 0.356. The molecule has 5 heteroatoms. The number of carbonyl (C=O) groups excluding carboxylic acids is 1. The van der Waals surface area contributed by atoms with Crippen molar-refractivity contribution >= 4 is 21.9 Å². The third-order valence-corrected chi connectivity index (χ3v) is 4.92. The van der Waals surface area contributed by atoms with Gasteiger partial charge in [0.15, 0.2) is 0 Å². The molecule has 0 amide bonds. The number of nitrogens with zero attached hydrogens (tertiary/aromatic N) is 1. The van der Waals surface area contributed by atoms with Crippen LogP contribution in [0.15, 0.2) is 54.3 Å². The van der Waals surface area contributed by atoms with E-state index in [0.717, 1.165) is 11.1 Å². The highest BCUT2D eigenvalue weighted by Gasteiger charge is 2.48. The van der Waals surface area contributed by atoms with Gasteiger partial charge in [-0.05, 0) is 31.4 Å². The molecule has 124 valence electrons. The molecule has 0 saturated carbocycles.